The maximum Gasteiger partial charge on any atom is 0.380 e. The Balaban J connectivity index is 2.04. The number of ketones is 2. The van der Waals surface area contributed by atoms with Crippen molar-refractivity contribution >= 4 is 29.1 Å². The van der Waals surface area contributed by atoms with E-state index in [0.717, 1.165) is 12.1 Å². The van der Waals surface area contributed by atoms with Gasteiger partial charge in [0.25, 0.3) is 0 Å². The molecule has 0 N–H and O–H groups in total. The minimum atomic E-state index is -1.56. The van der Waals surface area contributed by atoms with Crippen LogP contribution in [0.1, 0.15) is 49.5 Å². The summed E-state index contributed by atoms with van der Waals surface area (Å²) in [5.74, 6) is -4.34. The predicted octanol–water partition coefficient (Wildman–Crippen LogP) is 4.36. The summed E-state index contributed by atoms with van der Waals surface area (Å²) >= 11 is 5.77. The molecule has 146 valence electrons. The SMILES string of the molecule is O=C(OF)c1cc(C(=O)C2CCOCC2)cc(F)c1C(=O)c1ccc(Cl)cc1. The van der Waals surface area contributed by atoms with Gasteiger partial charge in [0.05, 0.1) is 11.1 Å². The minimum absolute atomic E-state index is 0.0414. The molecular weight excluding hydrogens is 394 g/mol. The third kappa shape index (κ3) is 4.10. The summed E-state index contributed by atoms with van der Waals surface area (Å²) in [7, 11) is 0. The first-order valence-electron chi connectivity index (χ1n) is 8.51. The maximum atomic E-state index is 14.8. The number of hydrogen-bond donors (Lipinski definition) is 0. The Kier molecular flexibility index (Phi) is 6.16. The number of benzene rings is 2. The van der Waals surface area contributed by atoms with E-state index < -0.39 is 40.4 Å². The van der Waals surface area contributed by atoms with Gasteiger partial charge in [0, 0.05) is 39.8 Å². The lowest BCUT2D eigenvalue weighted by atomic mass is 9.88. The number of carbonyl (C=O) groups is 3. The van der Waals surface area contributed by atoms with Gasteiger partial charge >= 0.3 is 5.97 Å². The van der Waals surface area contributed by atoms with E-state index in [1.54, 1.807) is 0 Å². The first-order valence-corrected chi connectivity index (χ1v) is 8.89. The van der Waals surface area contributed by atoms with Crippen LogP contribution in [0, 0.1) is 11.7 Å². The van der Waals surface area contributed by atoms with E-state index in [-0.39, 0.29) is 11.1 Å². The van der Waals surface area contributed by atoms with Gasteiger partial charge in [-0.3, -0.25) is 9.59 Å². The fourth-order valence-electron chi connectivity index (χ4n) is 3.12. The molecule has 0 radical (unpaired) electrons. The predicted molar refractivity (Wildman–Crippen MR) is 95.7 cm³/mol. The molecule has 2 aromatic carbocycles. The fourth-order valence-corrected chi connectivity index (χ4v) is 3.25. The van der Waals surface area contributed by atoms with Crippen molar-refractivity contribution in [3.05, 3.63) is 69.5 Å². The van der Waals surface area contributed by atoms with E-state index >= 15 is 0 Å². The number of hydrogen-bond acceptors (Lipinski definition) is 5. The molecule has 3 rings (SSSR count). The zero-order chi connectivity index (χ0) is 20.3. The van der Waals surface area contributed by atoms with Crippen molar-refractivity contribution in [2.24, 2.45) is 5.92 Å². The molecule has 0 atom stereocenters. The van der Waals surface area contributed by atoms with Crippen LogP contribution >= 0.6 is 11.6 Å². The largest absolute Gasteiger partial charge is 0.381 e. The number of ether oxygens (including phenoxy) is 1. The van der Waals surface area contributed by atoms with Crippen LogP contribution in [-0.4, -0.2) is 30.7 Å². The molecule has 0 aromatic heterocycles. The Bertz CT molecular complexity index is 921. The molecule has 0 saturated carbocycles. The van der Waals surface area contributed by atoms with Gasteiger partial charge in [0.15, 0.2) is 11.6 Å². The second-order valence-corrected chi connectivity index (χ2v) is 6.77. The Morgan fingerprint density at radius 3 is 2.29 bits per heavy atom. The monoisotopic (exact) mass is 408 g/mol. The molecule has 0 unspecified atom stereocenters. The molecule has 0 amide bonds. The van der Waals surface area contributed by atoms with Gasteiger partial charge in [-0.2, -0.15) is 0 Å². The second kappa shape index (κ2) is 8.58. The molecular formula is C20H15ClF2O5. The van der Waals surface area contributed by atoms with E-state index in [1.165, 1.54) is 24.3 Å². The Morgan fingerprint density at radius 2 is 1.68 bits per heavy atom. The third-order valence-electron chi connectivity index (χ3n) is 4.59. The van der Waals surface area contributed by atoms with Crippen molar-refractivity contribution in [3.63, 3.8) is 0 Å². The summed E-state index contributed by atoms with van der Waals surface area (Å²) in [5, 5.41) is 0.359. The summed E-state index contributed by atoms with van der Waals surface area (Å²) in [4.78, 5) is 40.4. The average molecular weight is 409 g/mol. The smallest absolute Gasteiger partial charge is 0.380 e. The molecule has 1 saturated heterocycles. The van der Waals surface area contributed by atoms with Crippen LogP contribution in [0.15, 0.2) is 36.4 Å². The van der Waals surface area contributed by atoms with Crippen molar-refractivity contribution in [3.8, 4) is 0 Å². The van der Waals surface area contributed by atoms with E-state index in [9.17, 15) is 23.3 Å². The lowest BCUT2D eigenvalue weighted by Crippen LogP contribution is -2.24. The highest BCUT2D eigenvalue weighted by atomic mass is 35.5. The molecule has 0 spiro atoms. The minimum Gasteiger partial charge on any atom is -0.381 e. The van der Waals surface area contributed by atoms with Crippen LogP contribution in [0.4, 0.5) is 8.92 Å². The maximum absolute atomic E-state index is 14.8. The molecule has 28 heavy (non-hydrogen) atoms. The van der Waals surface area contributed by atoms with Crippen molar-refractivity contribution in [1.82, 2.24) is 0 Å². The first kappa shape index (κ1) is 20.1. The van der Waals surface area contributed by atoms with Gasteiger partial charge < -0.3 is 4.74 Å². The summed E-state index contributed by atoms with van der Waals surface area (Å²) in [6, 6.07) is 7.40. The van der Waals surface area contributed by atoms with Crippen LogP contribution in [-0.2, 0) is 9.68 Å². The molecule has 5 nitrogen and oxygen atoms in total. The average Bonchev–Trinajstić information content (AvgIpc) is 2.72. The van der Waals surface area contributed by atoms with Gasteiger partial charge in [-0.05, 0) is 49.2 Å². The van der Waals surface area contributed by atoms with Crippen LogP contribution < -0.4 is 0 Å². The number of Topliss-reactive ketones (excluding diaryl/α,β-unsaturated/α-hetero) is 1. The molecule has 1 aliphatic heterocycles. The highest BCUT2D eigenvalue weighted by molar-refractivity contribution is 6.30. The van der Waals surface area contributed by atoms with Crippen LogP contribution in [0.5, 0.6) is 0 Å². The molecule has 0 bridgehead atoms. The van der Waals surface area contributed by atoms with E-state index in [0.29, 0.717) is 31.1 Å². The second-order valence-electron chi connectivity index (χ2n) is 6.33. The quantitative estimate of drug-likeness (QED) is 0.687. The number of rotatable bonds is 5. The van der Waals surface area contributed by atoms with Crippen molar-refractivity contribution < 1.29 is 33.0 Å². The van der Waals surface area contributed by atoms with Crippen LogP contribution in [0.2, 0.25) is 5.02 Å². The molecule has 1 aliphatic rings. The van der Waals surface area contributed by atoms with Crippen molar-refractivity contribution in [2.45, 2.75) is 12.8 Å². The van der Waals surface area contributed by atoms with Gasteiger partial charge in [0.1, 0.15) is 5.82 Å². The summed E-state index contributed by atoms with van der Waals surface area (Å²) in [6.45, 7) is 0.788. The molecule has 1 fully saturated rings. The Hall–Kier alpha value is -2.64. The van der Waals surface area contributed by atoms with E-state index in [4.69, 9.17) is 16.3 Å². The number of carbonyl (C=O) groups excluding carboxylic acids is 3. The molecule has 1 heterocycles. The molecule has 2 aromatic rings. The summed E-state index contributed by atoms with van der Waals surface area (Å²) in [6.07, 6.45) is 0.906. The van der Waals surface area contributed by atoms with Crippen LogP contribution in [0.25, 0.3) is 0 Å². The Labute approximate surface area is 164 Å². The highest BCUT2D eigenvalue weighted by Crippen LogP contribution is 2.26. The topological polar surface area (TPSA) is 69.7 Å². The van der Waals surface area contributed by atoms with Gasteiger partial charge in [0.2, 0.25) is 0 Å². The van der Waals surface area contributed by atoms with Crippen LogP contribution in [0.3, 0.4) is 0 Å². The summed E-state index contributed by atoms with van der Waals surface area (Å²) < 4.78 is 32.6. The first-order chi connectivity index (χ1) is 13.4. The molecule has 8 heteroatoms. The van der Waals surface area contributed by atoms with Gasteiger partial charge in [-0.15, -0.1) is 0 Å². The van der Waals surface area contributed by atoms with E-state index in [2.05, 4.69) is 4.94 Å². The van der Waals surface area contributed by atoms with Gasteiger partial charge in [-0.25, -0.2) is 14.1 Å². The summed E-state index contributed by atoms with van der Waals surface area (Å²) in [5.41, 5.74) is -1.41. The van der Waals surface area contributed by atoms with Gasteiger partial charge in [-0.1, -0.05) is 11.6 Å². The zero-order valence-electron chi connectivity index (χ0n) is 14.5. The highest BCUT2D eigenvalue weighted by Gasteiger charge is 2.29. The third-order valence-corrected chi connectivity index (χ3v) is 4.84. The Morgan fingerprint density at radius 1 is 1.04 bits per heavy atom. The fraction of sp³-hybridized carbons (Fsp3) is 0.250. The lowest BCUT2D eigenvalue weighted by molar-refractivity contribution is -0.0788. The normalized spacial score (nSPS) is 14.5. The standard InChI is InChI=1S/C20H15ClF2O5/c21-14-3-1-11(2-4-14)19(25)17-15(20(26)28-23)9-13(10-16(17)22)18(24)12-5-7-27-8-6-12/h1-4,9-10,12H,5-8H2. The zero-order valence-corrected chi connectivity index (χ0v) is 15.3. The molecule has 0 aliphatic carbocycles. The lowest BCUT2D eigenvalue weighted by Gasteiger charge is -2.21. The van der Waals surface area contributed by atoms with Crippen molar-refractivity contribution in [2.75, 3.05) is 13.2 Å². The van der Waals surface area contributed by atoms with E-state index in [1.807, 2.05) is 0 Å². The number of halogens is 3. The van der Waals surface area contributed by atoms with Crippen molar-refractivity contribution in [1.29, 1.82) is 0 Å².